The van der Waals surface area contributed by atoms with Crippen LogP contribution in [0.15, 0.2) is 20.8 Å². The van der Waals surface area contributed by atoms with Crippen LogP contribution in [0.2, 0.25) is 0 Å². The molecule has 11 heteroatoms. The van der Waals surface area contributed by atoms with Gasteiger partial charge in [0.25, 0.3) is 11.3 Å². The largest absolute Gasteiger partial charge is 0.330 e. The molecular formula is C20H26N8O2S. The summed E-state index contributed by atoms with van der Waals surface area (Å²) < 4.78 is 5.17. The molecule has 4 rings (SSSR count). The number of imidazole rings is 1. The average Bonchev–Trinajstić information content (AvgIpc) is 3.28. The topological polar surface area (TPSA) is 116 Å². The van der Waals surface area contributed by atoms with E-state index in [1.165, 1.54) is 11.8 Å². The van der Waals surface area contributed by atoms with E-state index in [4.69, 9.17) is 4.98 Å². The Kier molecular flexibility index (Phi) is 5.69. The van der Waals surface area contributed by atoms with Crippen LogP contribution >= 0.6 is 11.8 Å². The zero-order valence-electron chi connectivity index (χ0n) is 18.3. The minimum Gasteiger partial charge on any atom is -0.319 e. The highest BCUT2D eigenvalue weighted by atomic mass is 32.2. The molecule has 0 aromatic carbocycles. The Morgan fingerprint density at radius 2 is 1.94 bits per heavy atom. The van der Waals surface area contributed by atoms with Crippen molar-refractivity contribution in [1.29, 1.82) is 0 Å². The lowest BCUT2D eigenvalue weighted by Crippen LogP contribution is -2.31. The SMILES string of the molecule is CCCCn1c(=O)[nH]c(=O)c2c1nc(CSc1nc3nc(C)cc(C)n3n1)n2C(C)C. The van der Waals surface area contributed by atoms with Gasteiger partial charge in [-0.2, -0.15) is 4.98 Å². The molecule has 0 amide bonds. The number of nitrogens with zero attached hydrogens (tertiary/aromatic N) is 7. The van der Waals surface area contributed by atoms with Gasteiger partial charge in [0.2, 0.25) is 5.16 Å². The zero-order chi connectivity index (χ0) is 22.3. The molecule has 1 N–H and O–H groups in total. The number of rotatable bonds is 7. The predicted octanol–water partition coefficient (Wildman–Crippen LogP) is 2.61. The zero-order valence-corrected chi connectivity index (χ0v) is 19.2. The van der Waals surface area contributed by atoms with E-state index in [2.05, 4.69) is 27.0 Å². The smallest absolute Gasteiger partial charge is 0.319 e. The summed E-state index contributed by atoms with van der Waals surface area (Å²) in [5.41, 5.74) is 1.88. The van der Waals surface area contributed by atoms with E-state index in [9.17, 15) is 9.59 Å². The van der Waals surface area contributed by atoms with Gasteiger partial charge in [-0.1, -0.05) is 25.1 Å². The summed E-state index contributed by atoms with van der Waals surface area (Å²) in [5.74, 6) is 1.72. The third-order valence-corrected chi connectivity index (χ3v) is 5.92. The molecule has 4 aromatic rings. The Bertz CT molecular complexity index is 1380. The Hall–Kier alpha value is -2.95. The quantitative estimate of drug-likeness (QED) is 0.437. The number of hydrogen-bond donors (Lipinski definition) is 1. The van der Waals surface area contributed by atoms with Crippen molar-refractivity contribution in [3.8, 4) is 0 Å². The van der Waals surface area contributed by atoms with E-state index >= 15 is 0 Å². The van der Waals surface area contributed by atoms with Crippen molar-refractivity contribution in [3.63, 3.8) is 0 Å². The van der Waals surface area contributed by atoms with Crippen LogP contribution in [0, 0.1) is 13.8 Å². The van der Waals surface area contributed by atoms with E-state index in [0.717, 1.165) is 24.2 Å². The first kappa shape index (κ1) is 21.3. The number of fused-ring (bicyclic) bond motifs is 2. The van der Waals surface area contributed by atoms with Gasteiger partial charge in [-0.25, -0.2) is 19.3 Å². The molecule has 0 spiro atoms. The molecule has 0 aliphatic rings. The number of aryl methyl sites for hydroxylation is 3. The average molecular weight is 443 g/mol. The van der Waals surface area contributed by atoms with Crippen molar-refractivity contribution < 1.29 is 0 Å². The van der Waals surface area contributed by atoms with E-state index in [-0.39, 0.29) is 6.04 Å². The normalized spacial score (nSPS) is 11.9. The number of hydrogen-bond acceptors (Lipinski definition) is 7. The van der Waals surface area contributed by atoms with Gasteiger partial charge in [-0.15, -0.1) is 5.10 Å². The summed E-state index contributed by atoms with van der Waals surface area (Å²) in [7, 11) is 0. The van der Waals surface area contributed by atoms with Crippen molar-refractivity contribution >= 4 is 28.7 Å². The number of H-pyrrole nitrogens is 1. The van der Waals surface area contributed by atoms with Crippen molar-refractivity contribution in [2.45, 2.75) is 71.0 Å². The molecule has 0 saturated carbocycles. The van der Waals surface area contributed by atoms with Gasteiger partial charge in [0.05, 0.1) is 5.75 Å². The molecule has 31 heavy (non-hydrogen) atoms. The molecule has 164 valence electrons. The van der Waals surface area contributed by atoms with Crippen molar-refractivity contribution in [1.82, 2.24) is 38.7 Å². The summed E-state index contributed by atoms with van der Waals surface area (Å²) in [6, 6.07) is 1.95. The van der Waals surface area contributed by atoms with Crippen molar-refractivity contribution in [2.24, 2.45) is 0 Å². The third kappa shape index (κ3) is 3.89. The summed E-state index contributed by atoms with van der Waals surface area (Å²) >= 11 is 1.43. The van der Waals surface area contributed by atoms with Crippen molar-refractivity contribution in [3.05, 3.63) is 44.1 Å². The Labute approximate surface area is 182 Å². The molecule has 4 aromatic heterocycles. The molecule has 0 atom stereocenters. The monoisotopic (exact) mass is 442 g/mol. The fraction of sp³-hybridized carbons (Fsp3) is 0.500. The molecular weight excluding hydrogens is 416 g/mol. The summed E-state index contributed by atoms with van der Waals surface area (Å²) in [4.78, 5) is 41.2. The van der Waals surface area contributed by atoms with Crippen LogP contribution in [-0.4, -0.2) is 38.7 Å². The summed E-state index contributed by atoms with van der Waals surface area (Å²) in [5, 5.41) is 5.12. The van der Waals surface area contributed by atoms with Crippen LogP contribution in [0.3, 0.4) is 0 Å². The molecule has 0 saturated heterocycles. The molecule has 0 aliphatic heterocycles. The second-order valence-electron chi connectivity index (χ2n) is 7.86. The Morgan fingerprint density at radius 1 is 1.16 bits per heavy atom. The van der Waals surface area contributed by atoms with Crippen LogP contribution in [0.4, 0.5) is 0 Å². The molecule has 0 unspecified atom stereocenters. The standard InChI is InChI=1S/C20H26N8O2S/c1-6-7-8-26-16-15(17(29)23-20(26)30)27(11(2)3)14(22-16)10-31-19-24-18-21-12(4)9-13(5)28(18)25-19/h9,11H,6-8,10H2,1-5H3,(H,23,29,30). The maximum absolute atomic E-state index is 12.7. The highest BCUT2D eigenvalue weighted by molar-refractivity contribution is 7.98. The number of nitrogens with one attached hydrogen (secondary N) is 1. The summed E-state index contributed by atoms with van der Waals surface area (Å²) in [6.45, 7) is 10.5. The van der Waals surface area contributed by atoms with Gasteiger partial charge in [0, 0.05) is 24.0 Å². The molecule has 0 radical (unpaired) electrons. The van der Waals surface area contributed by atoms with Crippen molar-refractivity contribution in [2.75, 3.05) is 0 Å². The minimum atomic E-state index is -0.419. The van der Waals surface area contributed by atoms with E-state index in [1.807, 2.05) is 38.3 Å². The fourth-order valence-corrected chi connectivity index (χ4v) is 4.45. The van der Waals surface area contributed by atoms with Crippen LogP contribution in [0.1, 0.15) is 56.9 Å². The van der Waals surface area contributed by atoms with Gasteiger partial charge in [-0.05, 0) is 40.2 Å². The lowest BCUT2D eigenvalue weighted by molar-refractivity contribution is 0.593. The van der Waals surface area contributed by atoms with Crippen LogP contribution in [-0.2, 0) is 12.3 Å². The highest BCUT2D eigenvalue weighted by Crippen LogP contribution is 2.25. The van der Waals surface area contributed by atoms with Crippen LogP contribution in [0.5, 0.6) is 0 Å². The number of thioether (sulfide) groups is 1. The molecule has 0 aliphatic carbocycles. The van der Waals surface area contributed by atoms with Crippen LogP contribution in [0.25, 0.3) is 16.9 Å². The first-order chi connectivity index (χ1) is 14.8. The number of aromatic nitrogens is 8. The van der Waals surface area contributed by atoms with Gasteiger partial charge in [0.1, 0.15) is 5.82 Å². The molecule has 0 fully saturated rings. The van der Waals surface area contributed by atoms with E-state index in [1.54, 1.807) is 9.08 Å². The molecule has 0 bridgehead atoms. The third-order valence-electron chi connectivity index (χ3n) is 5.08. The van der Waals surface area contributed by atoms with Gasteiger partial charge in [0.15, 0.2) is 11.2 Å². The van der Waals surface area contributed by atoms with Gasteiger partial charge < -0.3 is 4.57 Å². The minimum absolute atomic E-state index is 0.000541. The lowest BCUT2D eigenvalue weighted by atomic mass is 10.3. The highest BCUT2D eigenvalue weighted by Gasteiger charge is 2.21. The van der Waals surface area contributed by atoms with E-state index < -0.39 is 11.2 Å². The maximum atomic E-state index is 12.7. The second kappa shape index (κ2) is 8.29. The lowest BCUT2D eigenvalue weighted by Gasteiger charge is -2.12. The summed E-state index contributed by atoms with van der Waals surface area (Å²) in [6.07, 6.45) is 1.77. The first-order valence-electron chi connectivity index (χ1n) is 10.4. The van der Waals surface area contributed by atoms with Gasteiger partial charge >= 0.3 is 5.69 Å². The number of aromatic amines is 1. The second-order valence-corrected chi connectivity index (χ2v) is 8.80. The number of unbranched alkanes of at least 4 members (excludes halogenated alkanes) is 1. The van der Waals surface area contributed by atoms with Gasteiger partial charge in [-0.3, -0.25) is 14.3 Å². The predicted molar refractivity (Wildman–Crippen MR) is 120 cm³/mol. The maximum Gasteiger partial charge on any atom is 0.330 e. The molecule has 4 heterocycles. The van der Waals surface area contributed by atoms with Crippen LogP contribution < -0.4 is 11.2 Å². The fourth-order valence-electron chi connectivity index (χ4n) is 3.70. The molecule has 10 nitrogen and oxygen atoms in total. The first-order valence-corrected chi connectivity index (χ1v) is 11.4. The van der Waals surface area contributed by atoms with E-state index in [0.29, 0.717) is 40.2 Å². The Morgan fingerprint density at radius 3 is 2.65 bits per heavy atom. The Balaban J connectivity index is 1.76.